The summed E-state index contributed by atoms with van der Waals surface area (Å²) in [5, 5.41) is 5.66. The molecule has 0 aliphatic carbocycles. The van der Waals surface area contributed by atoms with Gasteiger partial charge in [-0.1, -0.05) is 20.8 Å². The molecule has 1 heterocycles. The van der Waals surface area contributed by atoms with E-state index in [9.17, 15) is 9.59 Å². The molecule has 3 amide bonds. The van der Waals surface area contributed by atoms with Crippen LogP contribution in [0, 0.1) is 5.41 Å². The molecule has 0 unspecified atom stereocenters. The molecule has 1 aliphatic rings. The maximum absolute atomic E-state index is 12.0. The molecule has 0 bridgehead atoms. The fourth-order valence-corrected chi connectivity index (χ4v) is 2.32. The van der Waals surface area contributed by atoms with E-state index in [4.69, 9.17) is 0 Å². The third kappa shape index (κ3) is 6.33. The van der Waals surface area contributed by atoms with Crippen LogP contribution in [0.4, 0.5) is 4.79 Å². The van der Waals surface area contributed by atoms with Gasteiger partial charge in [0.15, 0.2) is 0 Å². The van der Waals surface area contributed by atoms with E-state index in [1.54, 1.807) is 14.1 Å². The molecule has 0 aromatic rings. The highest BCUT2D eigenvalue weighted by Crippen LogP contribution is 2.21. The van der Waals surface area contributed by atoms with Crippen LogP contribution < -0.4 is 10.6 Å². The molecule has 0 radical (unpaired) electrons. The van der Waals surface area contributed by atoms with Crippen molar-refractivity contribution in [1.29, 1.82) is 0 Å². The maximum atomic E-state index is 12.0. The topological polar surface area (TPSA) is 64.7 Å². The van der Waals surface area contributed by atoms with Gasteiger partial charge in [0.2, 0.25) is 5.91 Å². The number of likely N-dealkylation sites (tertiary alicyclic amines) is 1. The predicted octanol–water partition coefficient (Wildman–Crippen LogP) is 0.884. The fourth-order valence-electron chi connectivity index (χ4n) is 2.32. The summed E-state index contributed by atoms with van der Waals surface area (Å²) in [5.41, 5.74) is -0.0101. The first-order valence-electron chi connectivity index (χ1n) is 7.67. The zero-order valence-electron chi connectivity index (χ0n) is 14.0. The molecule has 1 rings (SSSR count). The second kappa shape index (κ2) is 7.64. The van der Waals surface area contributed by atoms with Crippen LogP contribution >= 0.6 is 0 Å². The van der Waals surface area contributed by atoms with Crippen LogP contribution in [-0.4, -0.2) is 68.1 Å². The SMILES string of the molecule is CN(C)C(=O)NCC(=O)N[C@@H](CN1CCCC1)C(C)(C)C. The molecule has 1 saturated heterocycles. The standard InChI is InChI=1S/C15H30N4O2/c1-15(2,3)12(11-19-8-6-7-9-19)17-13(20)10-16-14(21)18(4)5/h12H,6-11H2,1-5H3,(H,16,21)(H,17,20)/t12-/m0/s1. The van der Waals surface area contributed by atoms with Crippen LogP contribution in [0.25, 0.3) is 0 Å². The van der Waals surface area contributed by atoms with Crippen molar-refractivity contribution in [2.45, 2.75) is 39.7 Å². The summed E-state index contributed by atoms with van der Waals surface area (Å²) in [7, 11) is 3.30. The minimum absolute atomic E-state index is 0.0101. The maximum Gasteiger partial charge on any atom is 0.317 e. The Kier molecular flexibility index (Phi) is 6.45. The average molecular weight is 298 g/mol. The highest BCUT2D eigenvalue weighted by atomic mass is 16.2. The van der Waals surface area contributed by atoms with E-state index in [0.29, 0.717) is 0 Å². The van der Waals surface area contributed by atoms with Gasteiger partial charge >= 0.3 is 6.03 Å². The Bertz CT molecular complexity index is 357. The van der Waals surface area contributed by atoms with Crippen molar-refractivity contribution in [3.05, 3.63) is 0 Å². The van der Waals surface area contributed by atoms with Crippen molar-refractivity contribution >= 4 is 11.9 Å². The first-order chi connectivity index (χ1) is 9.70. The molecule has 0 aromatic heterocycles. The van der Waals surface area contributed by atoms with Gasteiger partial charge in [0, 0.05) is 26.7 Å². The Hall–Kier alpha value is -1.30. The Labute approximate surface area is 128 Å². The fraction of sp³-hybridized carbons (Fsp3) is 0.867. The summed E-state index contributed by atoms with van der Waals surface area (Å²) < 4.78 is 0. The van der Waals surface area contributed by atoms with Crippen molar-refractivity contribution in [3.63, 3.8) is 0 Å². The first-order valence-corrected chi connectivity index (χ1v) is 7.67. The quantitative estimate of drug-likeness (QED) is 0.792. The number of carbonyl (C=O) groups excluding carboxylic acids is 2. The molecule has 21 heavy (non-hydrogen) atoms. The summed E-state index contributed by atoms with van der Waals surface area (Å²) >= 11 is 0. The summed E-state index contributed by atoms with van der Waals surface area (Å²) in [4.78, 5) is 27.3. The first kappa shape index (κ1) is 17.8. The predicted molar refractivity (Wildman–Crippen MR) is 84.1 cm³/mol. The monoisotopic (exact) mass is 298 g/mol. The number of amides is 3. The average Bonchev–Trinajstić information content (AvgIpc) is 2.86. The summed E-state index contributed by atoms with van der Waals surface area (Å²) in [6.45, 7) is 9.51. The number of rotatable bonds is 5. The van der Waals surface area contributed by atoms with Gasteiger partial charge in [-0.15, -0.1) is 0 Å². The number of nitrogens with zero attached hydrogens (tertiary/aromatic N) is 2. The van der Waals surface area contributed by atoms with Crippen LogP contribution in [0.2, 0.25) is 0 Å². The largest absolute Gasteiger partial charge is 0.350 e. The Balaban J connectivity index is 2.48. The van der Waals surface area contributed by atoms with Crippen molar-refractivity contribution in [3.8, 4) is 0 Å². The lowest BCUT2D eigenvalue weighted by Gasteiger charge is -2.34. The van der Waals surface area contributed by atoms with Crippen molar-refractivity contribution in [2.75, 3.05) is 40.3 Å². The van der Waals surface area contributed by atoms with Gasteiger partial charge in [0.25, 0.3) is 0 Å². The smallest absolute Gasteiger partial charge is 0.317 e. The third-order valence-corrected chi connectivity index (χ3v) is 3.83. The summed E-state index contributed by atoms with van der Waals surface area (Å²) in [5.74, 6) is -0.135. The molecular formula is C15H30N4O2. The number of nitrogens with one attached hydrogen (secondary N) is 2. The van der Waals surface area contributed by atoms with E-state index in [1.807, 2.05) is 0 Å². The number of urea groups is 1. The van der Waals surface area contributed by atoms with Gasteiger partial charge in [-0.25, -0.2) is 4.79 Å². The highest BCUT2D eigenvalue weighted by Gasteiger charge is 2.29. The van der Waals surface area contributed by atoms with E-state index in [1.165, 1.54) is 17.7 Å². The van der Waals surface area contributed by atoms with E-state index < -0.39 is 0 Å². The van der Waals surface area contributed by atoms with Gasteiger partial charge in [0.05, 0.1) is 6.54 Å². The van der Waals surface area contributed by atoms with E-state index >= 15 is 0 Å². The molecule has 6 nitrogen and oxygen atoms in total. The zero-order chi connectivity index (χ0) is 16.0. The van der Waals surface area contributed by atoms with Crippen molar-refractivity contribution in [1.82, 2.24) is 20.4 Å². The Morgan fingerprint density at radius 1 is 1.19 bits per heavy atom. The molecule has 122 valence electrons. The lowest BCUT2D eigenvalue weighted by Crippen LogP contribution is -2.52. The van der Waals surface area contributed by atoms with Crippen LogP contribution in [0.1, 0.15) is 33.6 Å². The van der Waals surface area contributed by atoms with Crippen LogP contribution in [-0.2, 0) is 4.79 Å². The van der Waals surface area contributed by atoms with Gasteiger partial charge in [-0.2, -0.15) is 0 Å². The van der Waals surface area contributed by atoms with E-state index in [2.05, 4.69) is 36.3 Å². The van der Waals surface area contributed by atoms with Gasteiger partial charge in [-0.3, -0.25) is 4.79 Å². The normalized spacial score (nSPS) is 17.4. The van der Waals surface area contributed by atoms with Crippen LogP contribution in [0.3, 0.4) is 0 Å². The molecule has 0 spiro atoms. The van der Waals surface area contributed by atoms with Gasteiger partial charge in [0.1, 0.15) is 0 Å². The minimum atomic E-state index is -0.253. The summed E-state index contributed by atoms with van der Waals surface area (Å²) in [6, 6.07) is -0.170. The van der Waals surface area contributed by atoms with Crippen molar-refractivity contribution < 1.29 is 9.59 Å². The molecular weight excluding hydrogens is 268 g/mol. The van der Waals surface area contributed by atoms with Gasteiger partial charge in [-0.05, 0) is 31.3 Å². The Morgan fingerprint density at radius 3 is 2.24 bits per heavy atom. The van der Waals surface area contributed by atoms with Crippen LogP contribution in [0.15, 0.2) is 0 Å². The lowest BCUT2D eigenvalue weighted by atomic mass is 9.86. The minimum Gasteiger partial charge on any atom is -0.350 e. The molecule has 0 aromatic carbocycles. The molecule has 1 atom stereocenters. The molecule has 2 N–H and O–H groups in total. The van der Waals surface area contributed by atoms with Gasteiger partial charge < -0.3 is 20.4 Å². The van der Waals surface area contributed by atoms with E-state index in [-0.39, 0.29) is 29.9 Å². The lowest BCUT2D eigenvalue weighted by molar-refractivity contribution is -0.121. The number of hydrogen-bond acceptors (Lipinski definition) is 3. The second-order valence-electron chi connectivity index (χ2n) is 7.05. The zero-order valence-corrected chi connectivity index (χ0v) is 14.0. The second-order valence-corrected chi connectivity index (χ2v) is 7.05. The van der Waals surface area contributed by atoms with E-state index in [0.717, 1.165) is 19.6 Å². The number of carbonyl (C=O) groups is 2. The molecule has 0 saturated carbocycles. The summed E-state index contributed by atoms with van der Waals surface area (Å²) in [6.07, 6.45) is 2.48. The highest BCUT2D eigenvalue weighted by molar-refractivity contribution is 5.83. The molecule has 1 aliphatic heterocycles. The Morgan fingerprint density at radius 2 is 1.76 bits per heavy atom. The third-order valence-electron chi connectivity index (χ3n) is 3.83. The number of hydrogen-bond donors (Lipinski definition) is 2. The van der Waals surface area contributed by atoms with Crippen LogP contribution in [0.5, 0.6) is 0 Å². The molecule has 6 heteroatoms. The molecule has 1 fully saturated rings. The van der Waals surface area contributed by atoms with Crippen molar-refractivity contribution in [2.24, 2.45) is 5.41 Å².